The van der Waals surface area contributed by atoms with Crippen LogP contribution in [-0.4, -0.2) is 33.2 Å². The Kier molecular flexibility index (Phi) is 4.47. The van der Waals surface area contributed by atoms with Crippen LogP contribution in [0.1, 0.15) is 24.1 Å². The molecule has 1 aliphatic heterocycles. The van der Waals surface area contributed by atoms with E-state index >= 15 is 0 Å². The number of aliphatic hydroxyl groups excluding tert-OH is 1. The zero-order valence-corrected chi connectivity index (χ0v) is 15.3. The molecule has 6 heteroatoms. The van der Waals surface area contributed by atoms with Gasteiger partial charge in [-0.05, 0) is 31.0 Å². The summed E-state index contributed by atoms with van der Waals surface area (Å²) in [5, 5.41) is 11.3. The van der Waals surface area contributed by atoms with Gasteiger partial charge in [0.25, 0.3) is 5.91 Å². The van der Waals surface area contributed by atoms with E-state index in [1.54, 1.807) is 12.1 Å². The molecule has 2 heterocycles. The molecule has 1 atom stereocenters. The maximum atomic E-state index is 14.5. The maximum absolute atomic E-state index is 14.5. The van der Waals surface area contributed by atoms with Crippen molar-refractivity contribution in [3.05, 3.63) is 83.0 Å². The van der Waals surface area contributed by atoms with Crippen molar-refractivity contribution in [2.45, 2.75) is 19.4 Å². The third-order valence-corrected chi connectivity index (χ3v) is 5.18. The normalized spacial score (nSPS) is 17.0. The van der Waals surface area contributed by atoms with Crippen molar-refractivity contribution in [2.24, 2.45) is 0 Å². The van der Waals surface area contributed by atoms with Crippen molar-refractivity contribution >= 4 is 22.6 Å². The Labute approximate surface area is 161 Å². The molecule has 0 aliphatic carbocycles. The molecule has 1 unspecified atom stereocenters. The number of ketones is 1. The number of amides is 1. The van der Waals surface area contributed by atoms with Crippen LogP contribution in [0, 0.1) is 5.82 Å². The number of carbonyl (C=O) groups is 2. The summed E-state index contributed by atoms with van der Waals surface area (Å²) in [5.41, 5.74) is 2.13. The lowest BCUT2D eigenvalue weighted by Crippen LogP contribution is -2.33. The number of nitrogens with zero attached hydrogens (tertiary/aromatic N) is 1. The Morgan fingerprint density at radius 2 is 1.89 bits per heavy atom. The van der Waals surface area contributed by atoms with Gasteiger partial charge in [0.2, 0.25) is 0 Å². The SMILES string of the molecule is CC(=O)C1=C(O)C(=O)N(CCc2c[nH]c3ccccc23)C1c1ccccc1F. The van der Waals surface area contributed by atoms with Crippen LogP contribution >= 0.6 is 0 Å². The maximum Gasteiger partial charge on any atom is 0.290 e. The molecule has 0 saturated carbocycles. The second kappa shape index (κ2) is 6.96. The van der Waals surface area contributed by atoms with Gasteiger partial charge < -0.3 is 15.0 Å². The second-order valence-electron chi connectivity index (χ2n) is 6.85. The lowest BCUT2D eigenvalue weighted by atomic mass is 9.96. The summed E-state index contributed by atoms with van der Waals surface area (Å²) in [5.74, 6) is -2.22. The van der Waals surface area contributed by atoms with Crippen molar-refractivity contribution in [3.63, 3.8) is 0 Å². The van der Waals surface area contributed by atoms with Crippen LogP contribution < -0.4 is 0 Å². The van der Waals surface area contributed by atoms with E-state index in [9.17, 15) is 19.1 Å². The third kappa shape index (κ3) is 2.87. The van der Waals surface area contributed by atoms with Crippen molar-refractivity contribution in [1.29, 1.82) is 0 Å². The molecule has 1 aliphatic rings. The van der Waals surface area contributed by atoms with E-state index in [0.717, 1.165) is 16.5 Å². The van der Waals surface area contributed by atoms with Crippen LogP contribution in [0.2, 0.25) is 0 Å². The summed E-state index contributed by atoms with van der Waals surface area (Å²) in [6.45, 7) is 1.51. The lowest BCUT2D eigenvalue weighted by Gasteiger charge is -2.26. The highest BCUT2D eigenvalue weighted by atomic mass is 19.1. The van der Waals surface area contributed by atoms with Crippen LogP contribution in [0.4, 0.5) is 4.39 Å². The zero-order chi connectivity index (χ0) is 19.8. The van der Waals surface area contributed by atoms with E-state index in [0.29, 0.717) is 6.42 Å². The number of hydrogen-bond donors (Lipinski definition) is 2. The number of para-hydroxylation sites is 1. The van der Waals surface area contributed by atoms with E-state index in [-0.39, 0.29) is 17.7 Å². The minimum atomic E-state index is -0.934. The Balaban J connectivity index is 1.69. The van der Waals surface area contributed by atoms with Crippen LogP contribution in [0.5, 0.6) is 0 Å². The molecule has 3 aromatic rings. The molecular formula is C22H19FN2O3. The molecule has 142 valence electrons. The lowest BCUT2D eigenvalue weighted by molar-refractivity contribution is -0.129. The first kappa shape index (κ1) is 18.0. The van der Waals surface area contributed by atoms with Gasteiger partial charge in [-0.15, -0.1) is 0 Å². The number of nitrogens with one attached hydrogen (secondary N) is 1. The van der Waals surface area contributed by atoms with Gasteiger partial charge in [0.15, 0.2) is 11.5 Å². The smallest absolute Gasteiger partial charge is 0.290 e. The van der Waals surface area contributed by atoms with Crippen LogP contribution in [0.3, 0.4) is 0 Å². The van der Waals surface area contributed by atoms with E-state index in [1.165, 1.54) is 24.0 Å². The van der Waals surface area contributed by atoms with Crippen molar-refractivity contribution < 1.29 is 19.1 Å². The van der Waals surface area contributed by atoms with Crippen molar-refractivity contribution in [3.8, 4) is 0 Å². The summed E-state index contributed by atoms with van der Waals surface area (Å²) in [6, 6.07) is 12.9. The van der Waals surface area contributed by atoms with Gasteiger partial charge in [-0.2, -0.15) is 0 Å². The van der Waals surface area contributed by atoms with Gasteiger partial charge in [-0.1, -0.05) is 36.4 Å². The average molecular weight is 378 g/mol. The predicted octanol–water partition coefficient (Wildman–Crippen LogP) is 3.83. The van der Waals surface area contributed by atoms with E-state index in [2.05, 4.69) is 4.98 Å². The summed E-state index contributed by atoms with van der Waals surface area (Å²) < 4.78 is 14.5. The number of Topliss-reactive ketones (excluding diaryl/α,β-unsaturated/α-hetero) is 1. The quantitative estimate of drug-likeness (QED) is 0.709. The Bertz CT molecular complexity index is 1120. The topological polar surface area (TPSA) is 73.4 Å². The second-order valence-corrected chi connectivity index (χ2v) is 6.85. The van der Waals surface area contributed by atoms with Crippen LogP contribution in [-0.2, 0) is 16.0 Å². The summed E-state index contributed by atoms with van der Waals surface area (Å²) in [4.78, 5) is 29.4. The van der Waals surface area contributed by atoms with Crippen LogP contribution in [0.25, 0.3) is 10.9 Å². The van der Waals surface area contributed by atoms with Crippen molar-refractivity contribution in [2.75, 3.05) is 6.54 Å². The highest BCUT2D eigenvalue weighted by Gasteiger charge is 2.43. The molecule has 0 fully saturated rings. The monoisotopic (exact) mass is 378 g/mol. The molecular weight excluding hydrogens is 359 g/mol. The minimum Gasteiger partial charge on any atom is -0.503 e. The average Bonchev–Trinajstić information content (AvgIpc) is 3.20. The molecule has 0 bridgehead atoms. The fraction of sp³-hybridized carbons (Fsp3) is 0.182. The standard InChI is InChI=1S/C22H19FN2O3/c1-13(26)19-20(16-7-2-4-8-17(16)23)25(22(28)21(19)27)11-10-14-12-24-18-9-5-3-6-15(14)18/h2-9,12,20,24,27H,10-11H2,1H3. The van der Waals surface area contributed by atoms with Gasteiger partial charge in [0.05, 0.1) is 11.6 Å². The predicted molar refractivity (Wildman–Crippen MR) is 103 cm³/mol. The molecule has 0 saturated heterocycles. The first-order valence-electron chi connectivity index (χ1n) is 9.03. The Morgan fingerprint density at radius 1 is 1.18 bits per heavy atom. The van der Waals surface area contributed by atoms with Gasteiger partial charge >= 0.3 is 0 Å². The number of aromatic amines is 1. The summed E-state index contributed by atoms with van der Waals surface area (Å²) in [7, 11) is 0. The first-order valence-corrected chi connectivity index (χ1v) is 9.03. The fourth-order valence-corrected chi connectivity index (χ4v) is 3.84. The molecule has 0 radical (unpaired) electrons. The number of H-pyrrole nitrogens is 1. The molecule has 0 spiro atoms. The number of aromatic nitrogens is 1. The summed E-state index contributed by atoms with van der Waals surface area (Å²) in [6.07, 6.45) is 2.38. The van der Waals surface area contributed by atoms with Gasteiger partial charge in [-0.25, -0.2) is 4.39 Å². The molecule has 5 nitrogen and oxygen atoms in total. The zero-order valence-electron chi connectivity index (χ0n) is 15.3. The van der Waals surface area contributed by atoms with Gasteiger partial charge in [-0.3, -0.25) is 9.59 Å². The number of halogens is 1. The number of hydrogen-bond acceptors (Lipinski definition) is 3. The Hall–Kier alpha value is -3.41. The molecule has 2 N–H and O–H groups in total. The molecule has 1 amide bonds. The molecule has 1 aromatic heterocycles. The fourth-order valence-electron chi connectivity index (χ4n) is 3.84. The number of carbonyl (C=O) groups excluding carboxylic acids is 2. The van der Waals surface area contributed by atoms with E-state index in [4.69, 9.17) is 0 Å². The number of fused-ring (bicyclic) bond motifs is 1. The third-order valence-electron chi connectivity index (χ3n) is 5.18. The first-order chi connectivity index (χ1) is 13.5. The number of benzene rings is 2. The molecule has 4 rings (SSSR count). The van der Waals surface area contributed by atoms with Crippen molar-refractivity contribution in [1.82, 2.24) is 9.88 Å². The largest absolute Gasteiger partial charge is 0.503 e. The summed E-state index contributed by atoms with van der Waals surface area (Å²) >= 11 is 0. The highest BCUT2D eigenvalue weighted by molar-refractivity contribution is 6.08. The minimum absolute atomic E-state index is 0.0611. The Morgan fingerprint density at radius 3 is 2.64 bits per heavy atom. The number of aliphatic hydroxyl groups is 1. The van der Waals surface area contributed by atoms with E-state index < -0.39 is 29.3 Å². The molecule has 28 heavy (non-hydrogen) atoms. The van der Waals surface area contributed by atoms with E-state index in [1.807, 2.05) is 30.5 Å². The van der Waals surface area contributed by atoms with Gasteiger partial charge in [0.1, 0.15) is 5.82 Å². The number of rotatable bonds is 5. The van der Waals surface area contributed by atoms with Crippen LogP contribution in [0.15, 0.2) is 66.1 Å². The van der Waals surface area contributed by atoms with Gasteiger partial charge in [0, 0.05) is 29.2 Å². The molecule has 2 aromatic carbocycles. The highest BCUT2D eigenvalue weighted by Crippen LogP contribution is 2.38.